The molecule has 2 N–H and O–H groups in total. The number of fused-ring (bicyclic) bond motifs is 1. The van der Waals surface area contributed by atoms with Crippen molar-refractivity contribution >= 4 is 55.6 Å². The molecule has 1 amide bonds. The van der Waals surface area contributed by atoms with E-state index in [1.807, 2.05) is 0 Å². The Morgan fingerprint density at radius 2 is 1.89 bits per heavy atom. The Bertz CT molecular complexity index is 1060. The lowest BCUT2D eigenvalue weighted by Gasteiger charge is -2.13. The maximum atomic E-state index is 12.6. The summed E-state index contributed by atoms with van der Waals surface area (Å²) >= 11 is 6.36. The summed E-state index contributed by atoms with van der Waals surface area (Å²) in [6.45, 7) is 0. The highest BCUT2D eigenvalue weighted by Crippen LogP contribution is 2.30. The molecular formula is C17H14N4O5S2. The van der Waals surface area contributed by atoms with Crippen LogP contribution < -0.4 is 20.1 Å². The van der Waals surface area contributed by atoms with E-state index in [1.165, 1.54) is 37.7 Å². The van der Waals surface area contributed by atoms with Crippen LogP contribution in [0.4, 0.5) is 10.8 Å². The van der Waals surface area contributed by atoms with Gasteiger partial charge in [-0.3, -0.25) is 20.2 Å². The normalized spacial score (nSPS) is 10.4. The molecule has 0 aliphatic rings. The molecule has 1 heterocycles. The number of carbonyl (C=O) groups excluding carboxylic acids is 1. The van der Waals surface area contributed by atoms with Gasteiger partial charge >= 0.3 is 0 Å². The van der Waals surface area contributed by atoms with Gasteiger partial charge in [-0.2, -0.15) is 0 Å². The Kier molecular flexibility index (Phi) is 5.66. The van der Waals surface area contributed by atoms with Crippen molar-refractivity contribution in [1.29, 1.82) is 0 Å². The van der Waals surface area contributed by atoms with E-state index in [4.69, 9.17) is 21.7 Å². The number of non-ortho nitro benzene ring substituents is 1. The molecule has 0 spiro atoms. The second-order valence-electron chi connectivity index (χ2n) is 5.37. The second kappa shape index (κ2) is 8.15. The summed E-state index contributed by atoms with van der Waals surface area (Å²) in [5.41, 5.74) is 0.761. The molecule has 28 heavy (non-hydrogen) atoms. The molecule has 3 aromatic rings. The van der Waals surface area contributed by atoms with Gasteiger partial charge < -0.3 is 14.8 Å². The molecule has 0 aliphatic heterocycles. The van der Waals surface area contributed by atoms with Crippen LogP contribution in [0.25, 0.3) is 10.2 Å². The van der Waals surface area contributed by atoms with Crippen molar-refractivity contribution < 1.29 is 19.2 Å². The molecule has 9 nitrogen and oxygen atoms in total. The second-order valence-corrected chi connectivity index (χ2v) is 6.81. The number of nitro benzene ring substituents is 1. The van der Waals surface area contributed by atoms with Crippen LogP contribution in [0.15, 0.2) is 36.4 Å². The Morgan fingerprint density at radius 3 is 2.50 bits per heavy atom. The summed E-state index contributed by atoms with van der Waals surface area (Å²) in [6.07, 6.45) is 0. The largest absolute Gasteiger partial charge is 0.496 e. The maximum Gasteiger partial charge on any atom is 0.270 e. The van der Waals surface area contributed by atoms with Gasteiger partial charge in [0.1, 0.15) is 17.1 Å². The number of nitrogens with one attached hydrogen (secondary N) is 2. The van der Waals surface area contributed by atoms with Crippen molar-refractivity contribution in [3.05, 3.63) is 52.1 Å². The zero-order chi connectivity index (χ0) is 20.3. The van der Waals surface area contributed by atoms with Crippen LogP contribution in [-0.2, 0) is 0 Å². The molecule has 2 aromatic carbocycles. The maximum absolute atomic E-state index is 12.6. The molecule has 1 aromatic heterocycles. The van der Waals surface area contributed by atoms with Crippen molar-refractivity contribution in [2.75, 3.05) is 19.5 Å². The Morgan fingerprint density at radius 1 is 1.21 bits per heavy atom. The van der Waals surface area contributed by atoms with Crippen LogP contribution in [-0.4, -0.2) is 35.1 Å². The average Bonchev–Trinajstić information content (AvgIpc) is 3.07. The van der Waals surface area contributed by atoms with Crippen molar-refractivity contribution in [3.63, 3.8) is 0 Å². The number of rotatable bonds is 5. The molecule has 0 aliphatic carbocycles. The lowest BCUT2D eigenvalue weighted by atomic mass is 10.1. The first kappa shape index (κ1) is 19.5. The number of hydrogen-bond acceptors (Lipinski definition) is 8. The molecule has 144 valence electrons. The lowest BCUT2D eigenvalue weighted by molar-refractivity contribution is -0.384. The summed E-state index contributed by atoms with van der Waals surface area (Å²) < 4.78 is 11.0. The number of ether oxygens (including phenoxy) is 2. The SMILES string of the molecule is COc1cccc(OC)c1C(=O)NC(=S)Nc1nc2ccc([N+](=O)[O-])cc2s1. The van der Waals surface area contributed by atoms with E-state index in [0.717, 1.165) is 0 Å². The minimum absolute atomic E-state index is 0.0199. The van der Waals surface area contributed by atoms with Gasteiger partial charge in [0.2, 0.25) is 0 Å². The van der Waals surface area contributed by atoms with Crippen LogP contribution in [0.5, 0.6) is 11.5 Å². The minimum atomic E-state index is -0.511. The van der Waals surface area contributed by atoms with Gasteiger partial charge in [0.05, 0.1) is 29.4 Å². The Labute approximate surface area is 168 Å². The van der Waals surface area contributed by atoms with Crippen LogP contribution >= 0.6 is 23.6 Å². The van der Waals surface area contributed by atoms with Gasteiger partial charge in [-0.25, -0.2) is 4.98 Å². The van der Waals surface area contributed by atoms with E-state index in [1.54, 1.807) is 24.3 Å². The van der Waals surface area contributed by atoms with Crippen molar-refractivity contribution in [3.8, 4) is 11.5 Å². The van der Waals surface area contributed by atoms with E-state index in [0.29, 0.717) is 26.8 Å². The lowest BCUT2D eigenvalue weighted by Crippen LogP contribution is -2.34. The van der Waals surface area contributed by atoms with Gasteiger partial charge in [0, 0.05) is 12.1 Å². The summed E-state index contributed by atoms with van der Waals surface area (Å²) in [7, 11) is 2.89. The van der Waals surface area contributed by atoms with E-state index >= 15 is 0 Å². The zero-order valence-electron chi connectivity index (χ0n) is 14.7. The first-order chi connectivity index (χ1) is 13.4. The third-order valence-electron chi connectivity index (χ3n) is 3.69. The van der Waals surface area contributed by atoms with Crippen LogP contribution in [0, 0.1) is 10.1 Å². The number of amides is 1. The van der Waals surface area contributed by atoms with E-state index in [2.05, 4.69) is 15.6 Å². The molecule has 0 radical (unpaired) electrons. The molecular weight excluding hydrogens is 404 g/mol. The number of nitro groups is 1. The fraction of sp³-hybridized carbons (Fsp3) is 0.118. The van der Waals surface area contributed by atoms with Gasteiger partial charge in [-0.15, -0.1) is 0 Å². The smallest absolute Gasteiger partial charge is 0.270 e. The molecule has 0 saturated carbocycles. The predicted molar refractivity (Wildman–Crippen MR) is 110 cm³/mol. The van der Waals surface area contributed by atoms with Crippen LogP contribution in [0.3, 0.4) is 0 Å². The summed E-state index contributed by atoms with van der Waals surface area (Å²) in [4.78, 5) is 27.3. The third-order valence-corrected chi connectivity index (χ3v) is 4.82. The van der Waals surface area contributed by atoms with Crippen molar-refractivity contribution in [2.45, 2.75) is 0 Å². The first-order valence-electron chi connectivity index (χ1n) is 7.81. The van der Waals surface area contributed by atoms with E-state index in [-0.39, 0.29) is 16.4 Å². The number of benzene rings is 2. The number of carbonyl (C=O) groups is 1. The Balaban J connectivity index is 1.76. The average molecular weight is 418 g/mol. The fourth-order valence-electron chi connectivity index (χ4n) is 2.45. The molecule has 0 atom stereocenters. The van der Waals surface area contributed by atoms with E-state index in [9.17, 15) is 14.9 Å². The number of thiazole rings is 1. The van der Waals surface area contributed by atoms with Crippen LogP contribution in [0.2, 0.25) is 0 Å². The van der Waals surface area contributed by atoms with Gasteiger partial charge in [0.15, 0.2) is 10.2 Å². The Hall–Kier alpha value is -3.31. The third kappa shape index (κ3) is 4.00. The molecule has 0 fully saturated rings. The van der Waals surface area contributed by atoms with Gasteiger partial charge in [-0.05, 0) is 30.4 Å². The summed E-state index contributed by atoms with van der Waals surface area (Å²) in [5.74, 6) is 0.169. The standard InChI is InChI=1S/C17H14N4O5S2/c1-25-11-4-3-5-12(26-2)14(11)15(22)19-16(27)20-17-18-10-7-6-9(21(23)24)8-13(10)28-17/h3-8H,1-2H3,(H2,18,19,20,22,27). The van der Waals surface area contributed by atoms with Gasteiger partial charge in [0.25, 0.3) is 11.6 Å². The quantitative estimate of drug-likeness (QED) is 0.368. The molecule has 0 bridgehead atoms. The van der Waals surface area contributed by atoms with E-state index < -0.39 is 10.8 Å². The number of aromatic nitrogens is 1. The number of hydrogen-bond donors (Lipinski definition) is 2. The van der Waals surface area contributed by atoms with Gasteiger partial charge in [-0.1, -0.05) is 17.4 Å². The zero-order valence-corrected chi connectivity index (χ0v) is 16.3. The number of nitrogens with zero attached hydrogens (tertiary/aromatic N) is 2. The number of methoxy groups -OCH3 is 2. The topological polar surface area (TPSA) is 116 Å². The fourth-order valence-corrected chi connectivity index (χ4v) is 3.61. The highest BCUT2D eigenvalue weighted by Gasteiger charge is 2.19. The number of anilines is 1. The minimum Gasteiger partial charge on any atom is -0.496 e. The van der Waals surface area contributed by atoms with Crippen molar-refractivity contribution in [1.82, 2.24) is 10.3 Å². The molecule has 0 unspecified atom stereocenters. The van der Waals surface area contributed by atoms with Crippen molar-refractivity contribution in [2.24, 2.45) is 0 Å². The molecule has 11 heteroatoms. The summed E-state index contributed by atoms with van der Waals surface area (Å²) in [6, 6.07) is 9.32. The highest BCUT2D eigenvalue weighted by atomic mass is 32.1. The summed E-state index contributed by atoms with van der Waals surface area (Å²) in [5, 5.41) is 16.7. The number of thiocarbonyl (C=S) groups is 1. The highest BCUT2D eigenvalue weighted by molar-refractivity contribution is 7.80. The monoisotopic (exact) mass is 418 g/mol. The molecule has 3 rings (SSSR count). The first-order valence-corrected chi connectivity index (χ1v) is 9.03. The molecule has 0 saturated heterocycles. The van der Waals surface area contributed by atoms with Crippen LogP contribution in [0.1, 0.15) is 10.4 Å². The predicted octanol–water partition coefficient (Wildman–Crippen LogP) is 3.35.